The van der Waals surface area contributed by atoms with E-state index in [2.05, 4.69) is 9.88 Å². The molecule has 0 saturated carbocycles. The first-order valence-corrected chi connectivity index (χ1v) is 8.43. The lowest BCUT2D eigenvalue weighted by Crippen LogP contribution is -2.28. The van der Waals surface area contributed by atoms with Crippen molar-refractivity contribution in [3.63, 3.8) is 0 Å². The molecule has 20 heavy (non-hydrogen) atoms. The Morgan fingerprint density at radius 3 is 2.80 bits per heavy atom. The van der Waals surface area contributed by atoms with Gasteiger partial charge < -0.3 is 5.11 Å². The number of piperidine rings is 1. The number of carbonyl (C=O) groups is 1. The van der Waals surface area contributed by atoms with Gasteiger partial charge >= 0.3 is 5.97 Å². The first-order chi connectivity index (χ1) is 9.74. The molecule has 4 nitrogen and oxygen atoms in total. The zero-order chi connectivity index (χ0) is 13.9. The van der Waals surface area contributed by atoms with E-state index in [4.69, 9.17) is 0 Å². The van der Waals surface area contributed by atoms with Crippen molar-refractivity contribution in [2.45, 2.75) is 25.8 Å². The largest absolute Gasteiger partial charge is 0.477 e. The molecule has 1 saturated heterocycles. The third-order valence-corrected chi connectivity index (χ3v) is 5.33. The molecular weight excluding hydrogens is 292 g/mol. The van der Waals surface area contributed by atoms with Gasteiger partial charge in [-0.3, -0.25) is 4.90 Å². The van der Waals surface area contributed by atoms with Crippen LogP contribution in [0.3, 0.4) is 0 Å². The van der Waals surface area contributed by atoms with Crippen molar-refractivity contribution >= 4 is 28.6 Å². The summed E-state index contributed by atoms with van der Waals surface area (Å²) in [6.45, 7) is 2.96. The maximum atomic E-state index is 11.4. The van der Waals surface area contributed by atoms with E-state index in [0.717, 1.165) is 29.5 Å². The number of likely N-dealkylation sites (tertiary alicyclic amines) is 1. The molecule has 2 aromatic heterocycles. The molecule has 3 heterocycles. The average Bonchev–Trinajstić information content (AvgIpc) is 3.08. The Kier molecular flexibility index (Phi) is 4.14. The third kappa shape index (κ3) is 2.92. The molecule has 0 spiro atoms. The summed E-state index contributed by atoms with van der Waals surface area (Å²) in [5, 5.41) is 12.2. The van der Waals surface area contributed by atoms with Crippen LogP contribution in [0.4, 0.5) is 0 Å². The van der Waals surface area contributed by atoms with Crippen LogP contribution in [0.5, 0.6) is 0 Å². The van der Waals surface area contributed by atoms with Gasteiger partial charge in [-0.25, -0.2) is 9.78 Å². The summed E-state index contributed by atoms with van der Waals surface area (Å²) in [4.78, 5) is 19.6. The molecule has 0 unspecified atom stereocenters. The monoisotopic (exact) mass is 308 g/mol. The summed E-state index contributed by atoms with van der Waals surface area (Å²) in [6.07, 6.45) is 3.76. The van der Waals surface area contributed by atoms with Crippen LogP contribution in [-0.2, 0) is 6.54 Å². The topological polar surface area (TPSA) is 53.4 Å². The van der Waals surface area contributed by atoms with Crippen molar-refractivity contribution in [2.24, 2.45) is 0 Å². The minimum absolute atomic E-state index is 0.361. The number of aromatic carboxylic acids is 1. The molecule has 1 fully saturated rings. The second-order valence-corrected chi connectivity index (χ2v) is 6.94. The van der Waals surface area contributed by atoms with Crippen LogP contribution in [0.25, 0.3) is 10.6 Å². The molecular formula is C14H16N2O2S2. The highest BCUT2D eigenvalue weighted by atomic mass is 32.1. The molecule has 0 bridgehead atoms. The predicted molar refractivity (Wildman–Crippen MR) is 81.5 cm³/mol. The Morgan fingerprint density at radius 1 is 1.35 bits per heavy atom. The van der Waals surface area contributed by atoms with Gasteiger partial charge in [0.1, 0.15) is 15.6 Å². The standard InChI is InChI=1S/C14H16N2O2S2/c17-14(18)13-12(10-5-4-8-19-10)15-11(20-13)9-16-6-2-1-3-7-16/h4-5,8H,1-3,6-7,9H2,(H,17,18). The molecule has 0 aliphatic carbocycles. The first-order valence-electron chi connectivity index (χ1n) is 6.73. The highest BCUT2D eigenvalue weighted by molar-refractivity contribution is 7.16. The summed E-state index contributed by atoms with van der Waals surface area (Å²) in [5.74, 6) is -0.879. The molecule has 6 heteroatoms. The number of hydrogen-bond donors (Lipinski definition) is 1. The van der Waals surface area contributed by atoms with Gasteiger partial charge in [-0.2, -0.15) is 0 Å². The van der Waals surface area contributed by atoms with E-state index < -0.39 is 5.97 Å². The van der Waals surface area contributed by atoms with Gasteiger partial charge in [0.15, 0.2) is 0 Å². The molecule has 1 aliphatic heterocycles. The number of rotatable bonds is 4. The number of nitrogens with zero attached hydrogens (tertiary/aromatic N) is 2. The fourth-order valence-electron chi connectivity index (χ4n) is 2.47. The quantitative estimate of drug-likeness (QED) is 0.938. The first kappa shape index (κ1) is 13.7. The Bertz CT molecular complexity index is 586. The predicted octanol–water partition coefficient (Wildman–Crippen LogP) is 3.56. The van der Waals surface area contributed by atoms with Gasteiger partial charge in [-0.05, 0) is 37.4 Å². The summed E-state index contributed by atoms with van der Waals surface area (Å²) >= 11 is 2.85. The van der Waals surface area contributed by atoms with Gasteiger partial charge in [-0.15, -0.1) is 22.7 Å². The molecule has 0 aromatic carbocycles. The Morgan fingerprint density at radius 2 is 2.15 bits per heavy atom. The van der Waals surface area contributed by atoms with E-state index in [1.165, 1.54) is 41.9 Å². The fourth-order valence-corrected chi connectivity index (χ4v) is 4.21. The van der Waals surface area contributed by atoms with Crippen molar-refractivity contribution in [3.05, 3.63) is 27.4 Å². The number of hydrogen-bond acceptors (Lipinski definition) is 5. The maximum absolute atomic E-state index is 11.4. The average molecular weight is 308 g/mol. The lowest BCUT2D eigenvalue weighted by atomic mass is 10.1. The second-order valence-electron chi connectivity index (χ2n) is 4.90. The summed E-state index contributed by atoms with van der Waals surface area (Å²) in [6, 6.07) is 3.85. The van der Waals surface area contributed by atoms with Crippen LogP contribution < -0.4 is 0 Å². The van der Waals surface area contributed by atoms with Crippen molar-refractivity contribution < 1.29 is 9.90 Å². The van der Waals surface area contributed by atoms with Gasteiger partial charge in [0.25, 0.3) is 0 Å². The molecule has 2 aromatic rings. The van der Waals surface area contributed by atoms with Crippen molar-refractivity contribution in [2.75, 3.05) is 13.1 Å². The lowest BCUT2D eigenvalue weighted by molar-refractivity contribution is 0.0703. The number of carboxylic acid groups (broad SMARTS) is 1. The number of thiazole rings is 1. The summed E-state index contributed by atoms with van der Waals surface area (Å²) in [7, 11) is 0. The van der Waals surface area contributed by atoms with Gasteiger partial charge in [0.05, 0.1) is 11.4 Å². The van der Waals surface area contributed by atoms with Crippen molar-refractivity contribution in [3.8, 4) is 10.6 Å². The van der Waals surface area contributed by atoms with E-state index in [1.807, 2.05) is 17.5 Å². The summed E-state index contributed by atoms with van der Waals surface area (Å²) in [5.41, 5.74) is 0.629. The maximum Gasteiger partial charge on any atom is 0.348 e. The minimum Gasteiger partial charge on any atom is -0.477 e. The Balaban J connectivity index is 1.85. The van der Waals surface area contributed by atoms with E-state index in [0.29, 0.717) is 10.6 Å². The molecule has 1 aliphatic rings. The molecule has 106 valence electrons. The Labute approximate surface area is 125 Å². The second kappa shape index (κ2) is 6.03. The molecule has 0 radical (unpaired) electrons. The van der Waals surface area contributed by atoms with Gasteiger partial charge in [0.2, 0.25) is 0 Å². The van der Waals surface area contributed by atoms with Gasteiger partial charge in [0, 0.05) is 0 Å². The Hall–Kier alpha value is -1.24. The number of aromatic nitrogens is 1. The SMILES string of the molecule is O=C(O)c1sc(CN2CCCCC2)nc1-c1cccs1. The zero-order valence-electron chi connectivity index (χ0n) is 11.0. The molecule has 0 atom stereocenters. The van der Waals surface area contributed by atoms with Crippen LogP contribution in [0, 0.1) is 0 Å². The van der Waals surface area contributed by atoms with E-state index in [1.54, 1.807) is 0 Å². The zero-order valence-corrected chi connectivity index (χ0v) is 12.7. The van der Waals surface area contributed by atoms with Crippen molar-refractivity contribution in [1.82, 2.24) is 9.88 Å². The highest BCUT2D eigenvalue weighted by Gasteiger charge is 2.21. The number of carboxylic acids is 1. The van der Waals surface area contributed by atoms with E-state index >= 15 is 0 Å². The van der Waals surface area contributed by atoms with Crippen molar-refractivity contribution in [1.29, 1.82) is 0 Å². The lowest BCUT2D eigenvalue weighted by Gasteiger charge is -2.25. The van der Waals surface area contributed by atoms with Crippen LogP contribution in [0.15, 0.2) is 17.5 Å². The van der Waals surface area contributed by atoms with Crippen LogP contribution >= 0.6 is 22.7 Å². The van der Waals surface area contributed by atoms with Crippen LogP contribution in [0.1, 0.15) is 33.9 Å². The van der Waals surface area contributed by atoms with E-state index in [-0.39, 0.29) is 0 Å². The third-order valence-electron chi connectivity index (χ3n) is 3.43. The minimum atomic E-state index is -0.879. The fraction of sp³-hybridized carbons (Fsp3) is 0.429. The van der Waals surface area contributed by atoms with E-state index in [9.17, 15) is 9.90 Å². The number of thiophene rings is 1. The molecule has 0 amide bonds. The molecule has 1 N–H and O–H groups in total. The highest BCUT2D eigenvalue weighted by Crippen LogP contribution is 2.32. The molecule has 3 rings (SSSR count). The van der Waals surface area contributed by atoms with Gasteiger partial charge in [-0.1, -0.05) is 12.5 Å². The smallest absolute Gasteiger partial charge is 0.348 e. The summed E-state index contributed by atoms with van der Waals surface area (Å²) < 4.78 is 0. The van der Waals surface area contributed by atoms with Crippen LogP contribution in [0.2, 0.25) is 0 Å². The normalized spacial score (nSPS) is 16.4. The van der Waals surface area contributed by atoms with Crippen LogP contribution in [-0.4, -0.2) is 34.0 Å².